The maximum Gasteiger partial charge on any atom is 0.328 e. The van der Waals surface area contributed by atoms with Crippen LogP contribution in [0, 0.1) is 18.8 Å². The summed E-state index contributed by atoms with van der Waals surface area (Å²) >= 11 is 0. The third kappa shape index (κ3) is 31.5. The van der Waals surface area contributed by atoms with Gasteiger partial charge in [-0.15, -0.1) is 0 Å². The maximum absolute atomic E-state index is 14.3. The summed E-state index contributed by atoms with van der Waals surface area (Å²) in [7, 11) is 3.13. The van der Waals surface area contributed by atoms with Crippen molar-refractivity contribution in [1.82, 2.24) is 63.0 Å². The lowest BCUT2D eigenvalue weighted by molar-refractivity contribution is -0.158. The second-order valence-electron chi connectivity index (χ2n) is 28.9. The number of nitrogens with one attached hydrogen (secondary N) is 10. The number of carbonyl (C=O) groups is 14. The maximum atomic E-state index is 14.3. The number of hydrogen-bond acceptors (Lipinski definition) is 25. The lowest BCUT2D eigenvalue weighted by Crippen LogP contribution is -2.64. The number of nitrogens with zero attached hydrogens (tertiary/aromatic N) is 2. The minimum Gasteiger partial charge on any atom is -0.508 e. The van der Waals surface area contributed by atoms with Gasteiger partial charge in [-0.05, 0) is 118 Å². The largest absolute Gasteiger partial charge is 0.508 e. The number of likely N-dealkylation sites (N-methyl/N-ethyl adjacent to an activating group) is 2. The fourth-order valence-corrected chi connectivity index (χ4v) is 12.3. The summed E-state index contributed by atoms with van der Waals surface area (Å²) in [5.74, 6) is -11.9. The van der Waals surface area contributed by atoms with Crippen LogP contribution in [0.2, 0.25) is 0 Å². The molecule has 0 saturated carbocycles. The molecule has 2 fully saturated rings. The summed E-state index contributed by atoms with van der Waals surface area (Å²) in [6, 6.07) is -10.5. The van der Waals surface area contributed by atoms with Gasteiger partial charge < -0.3 is 114 Å². The number of amides is 11. The molecule has 0 aromatic heterocycles. The first-order valence-electron chi connectivity index (χ1n) is 37.4. The van der Waals surface area contributed by atoms with Crippen molar-refractivity contribution in [2.45, 2.75) is 295 Å². The molecule has 36 nitrogen and oxygen atoms in total. The number of aliphatic hydroxyl groups excluding tert-OH is 7. The van der Waals surface area contributed by atoms with Gasteiger partial charge in [0.2, 0.25) is 65.0 Å². The zero-order valence-corrected chi connectivity index (χ0v) is 65.6. The van der Waals surface area contributed by atoms with Crippen molar-refractivity contribution in [3.05, 3.63) is 29.3 Å². The standard InChI is InChI=1S/C43H67N9O15.C30H56N4O8/c1-18(2)32(47-38(62)26(46-37(61)20(4)45-8)14-24-9-10-28(57)19(3)13-24)42(66)52-17-25(56)15-27(52)39(63)49-34(22(6)54)40(64)50-35(23(7)55)43(67)51-12-11-29(58)36(51)41(65)48-33(21(5)53)30(59)16-31(44)60;1-8-10-12-13-14-15-19(3)24(17-25(38)33-27(20(4)35)21(5)36)42-30(41)23(16-11-9-2)32-29(40)28(22(6)37)34-26(39)18-31-7/h9-10,13,18,20,22-23,25-27,29-30,32-36,45,54-59H,11-12,14-17H2,1-8H3,(H2,44,60)(H,46,61)(H,47,62)(H,48,65)(H,49,63)(H,50,64);19-20,22-24,27-28,31,35,37H,8-18H2,1-7H3,(H,32,40)(H,33,38)(H,34,39)/t20-,22-,23-,25-,26+,27+,29+,30?,32+,33?,34-,35+,36+;19?,20-,22-,23+,24+,27-,28-/m11/s1. The molecule has 20 N–H and O–H groups in total. The number of phenols is 1. The number of aryl methyl sites for hydroxylation is 1. The SMILES string of the molecule is CCCCCCCC(C)[C@H](CC(=O)N[C@@H](C(C)=O)[C@@H](C)O)OC(=O)[C@H](CCCC)NC(=O)[C@H](NC(=O)CNC)[C@@H](C)O.CN[C@H](C)C(=O)N[C@@H](Cc1ccc(O)c(C)c1)C(=O)N[C@H](C(=O)N1C[C@H](O)C[C@H]1C(=O)N[C@@H](C(=O)N[C@H](C(=O)N1CC[C@H](O)[C@H]1C(=O)NC(C(C)=O)C(O)CC(N)=O)[C@@H](C)O)[C@@H](C)O)C(C)C. The second-order valence-corrected chi connectivity index (χ2v) is 28.9. The summed E-state index contributed by atoms with van der Waals surface area (Å²) in [6.45, 7) is 19.0. The zero-order valence-electron chi connectivity index (χ0n) is 65.6. The number of likely N-dealkylation sites (tertiary alicyclic amines) is 2. The number of hydrogen-bond donors (Lipinski definition) is 19. The van der Waals surface area contributed by atoms with Crippen molar-refractivity contribution < 1.29 is 113 Å². The van der Waals surface area contributed by atoms with Crippen molar-refractivity contribution in [3.8, 4) is 5.75 Å². The van der Waals surface area contributed by atoms with E-state index < -0.39 is 210 Å². The number of ketones is 2. The molecule has 0 bridgehead atoms. The highest BCUT2D eigenvalue weighted by Gasteiger charge is 2.48. The highest BCUT2D eigenvalue weighted by Crippen LogP contribution is 2.26. The van der Waals surface area contributed by atoms with E-state index in [1.54, 1.807) is 53.9 Å². The summed E-state index contributed by atoms with van der Waals surface area (Å²) in [5.41, 5.74) is 6.22. The van der Waals surface area contributed by atoms with E-state index in [-0.39, 0.29) is 63.4 Å². The Bertz CT molecular complexity index is 3210. The van der Waals surface area contributed by atoms with Gasteiger partial charge in [-0.2, -0.15) is 0 Å². The van der Waals surface area contributed by atoms with E-state index in [1.165, 1.54) is 26.8 Å². The van der Waals surface area contributed by atoms with Crippen LogP contribution in [0.15, 0.2) is 18.2 Å². The van der Waals surface area contributed by atoms with Gasteiger partial charge in [0, 0.05) is 25.9 Å². The molecule has 0 radical (unpaired) electrons. The number of benzene rings is 1. The summed E-state index contributed by atoms with van der Waals surface area (Å²) < 4.78 is 5.86. The predicted octanol–water partition coefficient (Wildman–Crippen LogP) is -4.06. The van der Waals surface area contributed by atoms with E-state index in [2.05, 4.69) is 60.1 Å². The van der Waals surface area contributed by atoms with Crippen molar-refractivity contribution in [1.29, 1.82) is 0 Å². The zero-order chi connectivity index (χ0) is 83.0. The molecular formula is C73H123N13O23. The Morgan fingerprint density at radius 3 is 1.64 bits per heavy atom. The molecule has 0 aliphatic carbocycles. The van der Waals surface area contributed by atoms with Crippen LogP contribution in [0.1, 0.15) is 178 Å². The Hall–Kier alpha value is -8.36. The Kier molecular flexibility index (Phi) is 42.3. The molecule has 1 aromatic rings. The summed E-state index contributed by atoms with van der Waals surface area (Å²) in [6.07, 6.45) is -4.94. The van der Waals surface area contributed by atoms with Crippen LogP contribution in [-0.2, 0) is 78.3 Å². The van der Waals surface area contributed by atoms with Gasteiger partial charge in [0.25, 0.3) is 0 Å². The van der Waals surface area contributed by atoms with Gasteiger partial charge in [-0.1, -0.05) is 91.7 Å². The number of rotatable bonds is 45. The third-order valence-electron chi connectivity index (χ3n) is 19.0. The fraction of sp³-hybridized carbons (Fsp3) is 0.726. The fourth-order valence-electron chi connectivity index (χ4n) is 12.3. The van der Waals surface area contributed by atoms with E-state index in [0.29, 0.717) is 24.0 Å². The van der Waals surface area contributed by atoms with Crippen LogP contribution in [-0.4, -0.2) is 282 Å². The van der Waals surface area contributed by atoms with Crippen molar-refractivity contribution in [2.75, 3.05) is 33.7 Å². The van der Waals surface area contributed by atoms with Crippen molar-refractivity contribution in [2.24, 2.45) is 17.6 Å². The van der Waals surface area contributed by atoms with Crippen LogP contribution < -0.4 is 58.9 Å². The minimum absolute atomic E-state index is 0.0238. The highest BCUT2D eigenvalue weighted by atomic mass is 16.5. The average molecular weight is 1550 g/mol. The normalized spacial score (nSPS) is 19.9. The average Bonchev–Trinajstić information content (AvgIpc) is 1.69. The number of carbonyl (C=O) groups excluding carboxylic acids is 14. The van der Waals surface area contributed by atoms with E-state index in [1.807, 2.05) is 13.8 Å². The number of β-amino-alcohol motifs (C(OH)–C–C–N with tert-alkyl or cyclic N) is 1. The first-order chi connectivity index (χ1) is 51.0. The number of ether oxygens (including phenoxy) is 1. The van der Waals surface area contributed by atoms with Crippen LogP contribution >= 0.6 is 0 Å². The van der Waals surface area contributed by atoms with Crippen LogP contribution in [0.3, 0.4) is 0 Å². The van der Waals surface area contributed by atoms with Crippen molar-refractivity contribution >= 4 is 82.5 Å². The van der Waals surface area contributed by atoms with Crippen LogP contribution in [0.5, 0.6) is 5.75 Å². The number of phenolic OH excluding ortho intramolecular Hbond substituents is 1. The molecule has 3 rings (SSSR count). The first kappa shape index (κ1) is 96.7. The number of Topliss-reactive ketones (excluding diaryl/α,β-unsaturated/α-hetero) is 2. The Morgan fingerprint density at radius 1 is 0.578 bits per heavy atom. The lowest BCUT2D eigenvalue weighted by Gasteiger charge is -2.33. The Labute approximate surface area is 637 Å². The number of aromatic hydroxyl groups is 1. The quantitative estimate of drug-likeness (QED) is 0.0218. The molecule has 618 valence electrons. The van der Waals surface area contributed by atoms with Gasteiger partial charge in [0.15, 0.2) is 11.6 Å². The number of aliphatic hydroxyl groups is 7. The molecular weight excluding hydrogens is 1430 g/mol. The lowest BCUT2D eigenvalue weighted by atomic mass is 9.94. The monoisotopic (exact) mass is 1550 g/mol. The van der Waals surface area contributed by atoms with Gasteiger partial charge in [-0.25, -0.2) is 4.79 Å². The van der Waals surface area contributed by atoms with E-state index in [9.17, 15) is 108 Å². The first-order valence-corrected chi connectivity index (χ1v) is 37.4. The van der Waals surface area contributed by atoms with Crippen LogP contribution in [0.25, 0.3) is 0 Å². The molecule has 2 aliphatic rings. The van der Waals surface area contributed by atoms with Crippen LogP contribution in [0.4, 0.5) is 0 Å². The molecule has 2 heterocycles. The minimum atomic E-state index is -1.86. The molecule has 109 heavy (non-hydrogen) atoms. The number of unbranched alkanes of at least 4 members (excludes halogenated alkanes) is 5. The highest BCUT2D eigenvalue weighted by molar-refractivity contribution is 5.99. The molecule has 11 amide bonds. The van der Waals surface area contributed by atoms with Gasteiger partial charge in [-0.3, -0.25) is 62.3 Å². The molecule has 2 aliphatic heterocycles. The summed E-state index contributed by atoms with van der Waals surface area (Å²) in [4.78, 5) is 185. The summed E-state index contributed by atoms with van der Waals surface area (Å²) in [5, 5.41) is 109. The number of primary amides is 1. The molecule has 36 heteroatoms. The molecule has 1 aromatic carbocycles. The van der Waals surface area contributed by atoms with Crippen molar-refractivity contribution in [3.63, 3.8) is 0 Å². The molecule has 20 atom stereocenters. The van der Waals surface area contributed by atoms with Gasteiger partial charge >= 0.3 is 5.97 Å². The molecule has 2 saturated heterocycles. The smallest absolute Gasteiger partial charge is 0.328 e. The number of nitrogens with two attached hydrogens (primary N) is 1. The Balaban J connectivity index is 0.000000827. The molecule has 0 spiro atoms. The predicted molar refractivity (Wildman–Crippen MR) is 396 cm³/mol. The van der Waals surface area contributed by atoms with Gasteiger partial charge in [0.05, 0.1) is 68.2 Å². The third-order valence-corrected chi connectivity index (χ3v) is 19.0. The Morgan fingerprint density at radius 2 is 1.11 bits per heavy atom. The van der Waals surface area contributed by atoms with E-state index in [4.69, 9.17) is 10.5 Å². The van der Waals surface area contributed by atoms with Gasteiger partial charge in [0.1, 0.15) is 72.3 Å². The topological polar surface area (TPSA) is 563 Å². The number of esters is 1. The van der Waals surface area contributed by atoms with E-state index in [0.717, 1.165) is 69.1 Å². The second kappa shape index (κ2) is 47.6. The van der Waals surface area contributed by atoms with E-state index >= 15 is 0 Å². The molecule has 3 unspecified atom stereocenters.